The molecular formula is C29H32N4O2. The second-order valence-electron chi connectivity index (χ2n) is 9.41. The number of carbonyl (C=O) groups is 1. The summed E-state index contributed by atoms with van der Waals surface area (Å²) < 4.78 is 8.34. The van der Waals surface area contributed by atoms with Crippen LogP contribution >= 0.6 is 0 Å². The van der Waals surface area contributed by atoms with Crippen LogP contribution in [0.1, 0.15) is 29.0 Å². The summed E-state index contributed by atoms with van der Waals surface area (Å²) in [5.41, 5.74) is 3.93. The number of likely N-dealkylation sites (tertiary alicyclic amines) is 1. The molecule has 2 heterocycles. The Morgan fingerprint density at radius 2 is 1.71 bits per heavy atom. The molecule has 1 aliphatic rings. The number of fused-ring (bicyclic) bond motifs is 1. The van der Waals surface area contributed by atoms with Crippen LogP contribution in [-0.4, -0.2) is 47.5 Å². The number of aromatic nitrogens is 2. The second-order valence-corrected chi connectivity index (χ2v) is 9.41. The van der Waals surface area contributed by atoms with Crippen LogP contribution < -0.4 is 9.64 Å². The summed E-state index contributed by atoms with van der Waals surface area (Å²) in [6.45, 7) is 2.86. The minimum atomic E-state index is 0.122. The Morgan fingerprint density at radius 1 is 0.971 bits per heavy atom. The topological polar surface area (TPSA) is 50.6 Å². The number of imidazole rings is 1. The lowest BCUT2D eigenvalue weighted by Crippen LogP contribution is -2.39. The maximum absolute atomic E-state index is 13.1. The smallest absolute Gasteiger partial charge is 0.253 e. The van der Waals surface area contributed by atoms with Gasteiger partial charge >= 0.3 is 0 Å². The van der Waals surface area contributed by atoms with Crippen LogP contribution in [-0.2, 0) is 13.2 Å². The molecular weight excluding hydrogens is 436 g/mol. The van der Waals surface area contributed by atoms with Gasteiger partial charge < -0.3 is 19.1 Å². The van der Waals surface area contributed by atoms with E-state index >= 15 is 0 Å². The highest BCUT2D eigenvalue weighted by Crippen LogP contribution is 2.26. The predicted molar refractivity (Wildman–Crippen MR) is 140 cm³/mol. The Morgan fingerprint density at radius 3 is 2.49 bits per heavy atom. The largest absolute Gasteiger partial charge is 0.486 e. The van der Waals surface area contributed by atoms with Gasteiger partial charge in [0.25, 0.3) is 5.91 Å². The molecule has 180 valence electrons. The van der Waals surface area contributed by atoms with Gasteiger partial charge in [-0.1, -0.05) is 36.4 Å². The zero-order chi connectivity index (χ0) is 24.2. The molecule has 0 saturated carbocycles. The van der Waals surface area contributed by atoms with Crippen molar-refractivity contribution >= 4 is 22.6 Å². The molecule has 0 N–H and O–H groups in total. The quantitative estimate of drug-likeness (QED) is 0.373. The Hall–Kier alpha value is -3.80. The fourth-order valence-corrected chi connectivity index (χ4v) is 4.78. The summed E-state index contributed by atoms with van der Waals surface area (Å²) in [7, 11) is 3.99. The first kappa shape index (κ1) is 23.0. The molecule has 0 spiro atoms. The van der Waals surface area contributed by atoms with Crippen molar-refractivity contribution in [1.29, 1.82) is 0 Å². The summed E-state index contributed by atoms with van der Waals surface area (Å²) in [5, 5.41) is 0. The third-order valence-corrected chi connectivity index (χ3v) is 6.80. The van der Waals surface area contributed by atoms with E-state index in [-0.39, 0.29) is 5.91 Å². The number of ether oxygens (including phenoxy) is 1. The van der Waals surface area contributed by atoms with Crippen molar-refractivity contribution in [2.75, 3.05) is 32.1 Å². The van der Waals surface area contributed by atoms with Crippen LogP contribution in [0.15, 0.2) is 78.9 Å². The Labute approximate surface area is 206 Å². The first-order chi connectivity index (χ1) is 17.1. The molecule has 0 aliphatic carbocycles. The molecule has 1 saturated heterocycles. The number of para-hydroxylation sites is 3. The fraction of sp³-hybridized carbons (Fsp3) is 0.310. The lowest BCUT2D eigenvalue weighted by Gasteiger charge is -2.32. The lowest BCUT2D eigenvalue weighted by molar-refractivity contribution is 0.0682. The van der Waals surface area contributed by atoms with E-state index in [0.29, 0.717) is 12.5 Å². The van der Waals surface area contributed by atoms with Gasteiger partial charge in [-0.2, -0.15) is 0 Å². The molecule has 0 unspecified atom stereocenters. The monoisotopic (exact) mass is 468 g/mol. The lowest BCUT2D eigenvalue weighted by atomic mass is 9.96. The summed E-state index contributed by atoms with van der Waals surface area (Å²) >= 11 is 0. The van der Waals surface area contributed by atoms with Gasteiger partial charge in [0.2, 0.25) is 0 Å². The van der Waals surface area contributed by atoms with E-state index in [1.54, 1.807) is 0 Å². The van der Waals surface area contributed by atoms with Crippen LogP contribution in [0, 0.1) is 5.92 Å². The summed E-state index contributed by atoms with van der Waals surface area (Å²) in [6.07, 6.45) is 1.95. The molecule has 4 aromatic rings. The third kappa shape index (κ3) is 5.16. The molecule has 0 bridgehead atoms. The molecule has 35 heavy (non-hydrogen) atoms. The molecule has 0 radical (unpaired) electrons. The van der Waals surface area contributed by atoms with Crippen molar-refractivity contribution in [1.82, 2.24) is 14.5 Å². The molecule has 1 amide bonds. The Bertz CT molecular complexity index is 1290. The van der Waals surface area contributed by atoms with E-state index in [2.05, 4.69) is 22.8 Å². The van der Waals surface area contributed by atoms with Crippen LogP contribution in [0.3, 0.4) is 0 Å². The number of hydrogen-bond acceptors (Lipinski definition) is 4. The van der Waals surface area contributed by atoms with E-state index in [9.17, 15) is 4.79 Å². The number of hydrogen-bond donors (Lipinski definition) is 0. The molecule has 0 atom stereocenters. The predicted octanol–water partition coefficient (Wildman–Crippen LogP) is 5.23. The van der Waals surface area contributed by atoms with Gasteiger partial charge in [0.15, 0.2) is 0 Å². The van der Waals surface area contributed by atoms with Gasteiger partial charge in [-0.15, -0.1) is 0 Å². The first-order valence-corrected chi connectivity index (χ1v) is 12.3. The number of piperidine rings is 1. The molecule has 1 aromatic heterocycles. The van der Waals surface area contributed by atoms with Gasteiger partial charge in [0.1, 0.15) is 18.2 Å². The zero-order valence-corrected chi connectivity index (χ0v) is 20.4. The average Bonchev–Trinajstić information content (AvgIpc) is 3.25. The van der Waals surface area contributed by atoms with Gasteiger partial charge in [0.05, 0.1) is 11.0 Å². The standard InChI is InChI=1S/C29H32N4O2/c1-31(2)24-10-8-9-23(19-24)29(34)32-17-15-22(16-18-32)20-33-27-14-7-6-13-26(27)30-28(33)21-35-25-11-4-3-5-12-25/h3-14,19,22H,15-18,20-21H2,1-2H3. The minimum absolute atomic E-state index is 0.122. The molecule has 5 rings (SSSR count). The highest BCUT2D eigenvalue weighted by atomic mass is 16.5. The van der Waals surface area contributed by atoms with E-state index in [0.717, 1.165) is 66.3 Å². The zero-order valence-electron chi connectivity index (χ0n) is 20.4. The number of amides is 1. The van der Waals surface area contributed by atoms with Gasteiger partial charge in [0, 0.05) is 45.0 Å². The van der Waals surface area contributed by atoms with Gasteiger partial charge in [-0.3, -0.25) is 4.79 Å². The maximum atomic E-state index is 13.1. The summed E-state index contributed by atoms with van der Waals surface area (Å²) in [4.78, 5) is 22.0. The number of carbonyl (C=O) groups excluding carboxylic acids is 1. The van der Waals surface area contributed by atoms with Crippen LogP contribution in [0.4, 0.5) is 5.69 Å². The van der Waals surface area contributed by atoms with Crippen LogP contribution in [0.25, 0.3) is 11.0 Å². The van der Waals surface area contributed by atoms with Gasteiger partial charge in [-0.25, -0.2) is 4.98 Å². The SMILES string of the molecule is CN(C)c1cccc(C(=O)N2CCC(Cn3c(COc4ccccc4)nc4ccccc43)CC2)c1. The van der Waals surface area contributed by atoms with Crippen molar-refractivity contribution in [3.05, 3.63) is 90.3 Å². The van der Waals surface area contributed by atoms with E-state index in [1.807, 2.05) is 84.6 Å². The molecule has 3 aromatic carbocycles. The van der Waals surface area contributed by atoms with Crippen molar-refractivity contribution in [2.45, 2.75) is 26.0 Å². The maximum Gasteiger partial charge on any atom is 0.253 e. The fourth-order valence-electron chi connectivity index (χ4n) is 4.78. The molecule has 6 nitrogen and oxygen atoms in total. The van der Waals surface area contributed by atoms with Crippen molar-refractivity contribution in [2.24, 2.45) is 5.92 Å². The number of nitrogens with zero attached hydrogens (tertiary/aromatic N) is 4. The summed E-state index contributed by atoms with van der Waals surface area (Å²) in [6, 6.07) is 26.0. The average molecular weight is 469 g/mol. The number of benzene rings is 3. The van der Waals surface area contributed by atoms with Crippen molar-refractivity contribution < 1.29 is 9.53 Å². The normalized spacial score (nSPS) is 14.3. The van der Waals surface area contributed by atoms with Crippen LogP contribution in [0.5, 0.6) is 5.75 Å². The Kier molecular flexibility index (Phi) is 6.70. The number of rotatable bonds is 7. The van der Waals surface area contributed by atoms with Gasteiger partial charge in [-0.05, 0) is 61.2 Å². The molecule has 1 fully saturated rings. The molecule has 1 aliphatic heterocycles. The first-order valence-electron chi connectivity index (χ1n) is 12.3. The van der Waals surface area contributed by atoms with E-state index in [4.69, 9.17) is 9.72 Å². The highest BCUT2D eigenvalue weighted by Gasteiger charge is 2.25. The number of anilines is 1. The second kappa shape index (κ2) is 10.2. The molecule has 6 heteroatoms. The highest BCUT2D eigenvalue weighted by molar-refractivity contribution is 5.95. The van der Waals surface area contributed by atoms with E-state index < -0.39 is 0 Å². The minimum Gasteiger partial charge on any atom is -0.486 e. The van der Waals surface area contributed by atoms with Crippen molar-refractivity contribution in [3.63, 3.8) is 0 Å². The summed E-state index contributed by atoms with van der Waals surface area (Å²) in [5.74, 6) is 2.39. The third-order valence-electron chi connectivity index (χ3n) is 6.80. The van der Waals surface area contributed by atoms with Crippen molar-refractivity contribution in [3.8, 4) is 5.75 Å². The Balaban J connectivity index is 1.26. The van der Waals surface area contributed by atoms with E-state index in [1.165, 1.54) is 0 Å². The van der Waals surface area contributed by atoms with Crippen LogP contribution in [0.2, 0.25) is 0 Å².